The number of hydrogen-bond donors (Lipinski definition) is 1. The van der Waals surface area contributed by atoms with Gasteiger partial charge in [-0.05, 0) is 25.8 Å². The van der Waals surface area contributed by atoms with Crippen LogP contribution in [0.15, 0.2) is 10.7 Å². The van der Waals surface area contributed by atoms with Crippen LogP contribution < -0.4 is 5.73 Å². The van der Waals surface area contributed by atoms with Crippen LogP contribution in [-0.4, -0.2) is 31.7 Å². The van der Waals surface area contributed by atoms with Crippen LogP contribution in [0, 0.1) is 0 Å². The van der Waals surface area contributed by atoms with Gasteiger partial charge in [0.05, 0.1) is 5.69 Å². The van der Waals surface area contributed by atoms with E-state index in [1.54, 1.807) is 4.68 Å². The van der Waals surface area contributed by atoms with Crippen molar-refractivity contribution in [2.75, 3.05) is 6.54 Å². The molecule has 0 saturated carbocycles. The maximum absolute atomic E-state index is 5.45. The van der Waals surface area contributed by atoms with Gasteiger partial charge in [0, 0.05) is 12.6 Å². The molecule has 0 bridgehead atoms. The van der Waals surface area contributed by atoms with Gasteiger partial charge in [0.2, 0.25) is 5.89 Å². The Hall–Kier alpha value is -1.76. The number of rotatable bonds is 7. The standard InChI is InChI=1S/C11H18N6O/c1-2-4-11-13-10(15-18-11)8-17-7-9(14-16-17)5-3-6-12/h7H,2-6,8,12H2,1H3. The molecule has 2 aromatic rings. The first-order valence-corrected chi connectivity index (χ1v) is 6.22. The molecule has 0 aliphatic rings. The molecule has 0 fully saturated rings. The van der Waals surface area contributed by atoms with Crippen LogP contribution in [0.2, 0.25) is 0 Å². The van der Waals surface area contributed by atoms with E-state index in [0.29, 0.717) is 24.8 Å². The SMILES string of the molecule is CCCc1nc(Cn2cc(CCCN)nn2)no1. The van der Waals surface area contributed by atoms with E-state index in [4.69, 9.17) is 10.3 Å². The lowest BCUT2D eigenvalue weighted by atomic mass is 10.2. The lowest BCUT2D eigenvalue weighted by Gasteiger charge is -1.93. The van der Waals surface area contributed by atoms with Gasteiger partial charge in [0.15, 0.2) is 5.82 Å². The minimum atomic E-state index is 0.489. The van der Waals surface area contributed by atoms with Crippen LogP contribution >= 0.6 is 0 Å². The van der Waals surface area contributed by atoms with Crippen LogP contribution in [0.1, 0.15) is 37.2 Å². The van der Waals surface area contributed by atoms with Crippen LogP contribution in [0.4, 0.5) is 0 Å². The van der Waals surface area contributed by atoms with Gasteiger partial charge >= 0.3 is 0 Å². The topological polar surface area (TPSA) is 95.7 Å². The minimum Gasteiger partial charge on any atom is -0.339 e. The summed E-state index contributed by atoms with van der Waals surface area (Å²) in [4.78, 5) is 4.28. The Morgan fingerprint density at radius 3 is 3.06 bits per heavy atom. The normalized spacial score (nSPS) is 11.0. The van der Waals surface area contributed by atoms with Crippen LogP contribution in [-0.2, 0) is 19.4 Å². The molecule has 2 N–H and O–H groups in total. The summed E-state index contributed by atoms with van der Waals surface area (Å²) in [7, 11) is 0. The van der Waals surface area contributed by atoms with Crippen molar-refractivity contribution in [2.45, 2.75) is 39.2 Å². The highest BCUT2D eigenvalue weighted by molar-refractivity contribution is 4.95. The maximum Gasteiger partial charge on any atom is 0.226 e. The number of nitrogens with zero attached hydrogens (tertiary/aromatic N) is 5. The smallest absolute Gasteiger partial charge is 0.226 e. The number of hydrogen-bond acceptors (Lipinski definition) is 6. The second kappa shape index (κ2) is 6.25. The second-order valence-electron chi connectivity index (χ2n) is 4.15. The van der Waals surface area contributed by atoms with E-state index in [-0.39, 0.29) is 0 Å². The molecule has 2 heterocycles. The third-order valence-corrected chi connectivity index (χ3v) is 2.50. The van der Waals surface area contributed by atoms with Crippen molar-refractivity contribution in [1.29, 1.82) is 0 Å². The summed E-state index contributed by atoms with van der Waals surface area (Å²) in [6.07, 6.45) is 5.47. The van der Waals surface area contributed by atoms with E-state index in [0.717, 1.165) is 31.4 Å². The minimum absolute atomic E-state index is 0.489. The van der Waals surface area contributed by atoms with Crippen LogP contribution in [0.25, 0.3) is 0 Å². The Balaban J connectivity index is 1.93. The Kier molecular flexibility index (Phi) is 4.40. The number of nitrogens with two attached hydrogens (primary N) is 1. The summed E-state index contributed by atoms with van der Waals surface area (Å²) in [6.45, 7) is 3.23. The fourth-order valence-electron chi connectivity index (χ4n) is 1.63. The summed E-state index contributed by atoms with van der Waals surface area (Å²) in [5.74, 6) is 1.31. The summed E-state index contributed by atoms with van der Waals surface area (Å²) < 4.78 is 6.82. The molecule has 0 atom stereocenters. The van der Waals surface area contributed by atoms with Crippen molar-refractivity contribution in [3.8, 4) is 0 Å². The van der Waals surface area contributed by atoms with E-state index in [9.17, 15) is 0 Å². The molecular formula is C11H18N6O. The monoisotopic (exact) mass is 250 g/mol. The lowest BCUT2D eigenvalue weighted by Crippen LogP contribution is -2.02. The van der Waals surface area contributed by atoms with Gasteiger partial charge in [0.1, 0.15) is 6.54 Å². The first-order chi connectivity index (χ1) is 8.81. The molecule has 0 saturated heterocycles. The fraction of sp³-hybridized carbons (Fsp3) is 0.636. The van der Waals surface area contributed by atoms with E-state index in [1.807, 2.05) is 6.20 Å². The molecule has 0 amide bonds. The van der Waals surface area contributed by atoms with Gasteiger partial charge in [-0.2, -0.15) is 4.98 Å². The van der Waals surface area contributed by atoms with E-state index in [2.05, 4.69) is 27.4 Å². The molecule has 0 aromatic carbocycles. The quantitative estimate of drug-likeness (QED) is 0.771. The third kappa shape index (κ3) is 3.36. The van der Waals surface area contributed by atoms with Crippen molar-refractivity contribution in [3.63, 3.8) is 0 Å². The highest BCUT2D eigenvalue weighted by Crippen LogP contribution is 2.03. The van der Waals surface area contributed by atoms with Gasteiger partial charge in [-0.3, -0.25) is 0 Å². The van der Waals surface area contributed by atoms with Crippen LogP contribution in [0.3, 0.4) is 0 Å². The summed E-state index contributed by atoms with van der Waals surface area (Å²) in [5.41, 5.74) is 6.39. The molecule has 0 aliphatic heterocycles. The Bertz CT molecular complexity index is 477. The van der Waals surface area contributed by atoms with Crippen LogP contribution in [0.5, 0.6) is 0 Å². The van der Waals surface area contributed by atoms with Gasteiger partial charge < -0.3 is 10.3 Å². The third-order valence-electron chi connectivity index (χ3n) is 2.50. The van der Waals surface area contributed by atoms with Gasteiger partial charge in [-0.1, -0.05) is 17.3 Å². The van der Waals surface area contributed by atoms with Crippen molar-refractivity contribution < 1.29 is 4.52 Å². The van der Waals surface area contributed by atoms with Gasteiger partial charge in [-0.25, -0.2) is 4.68 Å². The Morgan fingerprint density at radius 2 is 2.28 bits per heavy atom. The lowest BCUT2D eigenvalue weighted by molar-refractivity contribution is 0.370. The zero-order valence-electron chi connectivity index (χ0n) is 10.5. The second-order valence-corrected chi connectivity index (χ2v) is 4.15. The largest absolute Gasteiger partial charge is 0.339 e. The molecule has 98 valence electrons. The average molecular weight is 250 g/mol. The van der Waals surface area contributed by atoms with Crippen molar-refractivity contribution in [1.82, 2.24) is 25.1 Å². The summed E-state index contributed by atoms with van der Waals surface area (Å²) in [5, 5.41) is 12.0. The summed E-state index contributed by atoms with van der Waals surface area (Å²) >= 11 is 0. The molecule has 7 nitrogen and oxygen atoms in total. The van der Waals surface area contributed by atoms with Crippen molar-refractivity contribution in [2.24, 2.45) is 5.73 Å². The van der Waals surface area contributed by atoms with E-state index >= 15 is 0 Å². The van der Waals surface area contributed by atoms with Gasteiger partial charge in [0.25, 0.3) is 0 Å². The van der Waals surface area contributed by atoms with Gasteiger partial charge in [-0.15, -0.1) is 5.10 Å². The predicted octanol–water partition coefficient (Wildman–Crippen LogP) is 0.553. The molecule has 0 radical (unpaired) electrons. The molecule has 7 heteroatoms. The van der Waals surface area contributed by atoms with Crippen molar-refractivity contribution in [3.05, 3.63) is 23.6 Å². The van der Waals surface area contributed by atoms with E-state index in [1.165, 1.54) is 0 Å². The summed E-state index contributed by atoms with van der Waals surface area (Å²) in [6, 6.07) is 0. The molecule has 2 aromatic heterocycles. The zero-order valence-corrected chi connectivity index (χ0v) is 10.5. The highest BCUT2D eigenvalue weighted by atomic mass is 16.5. The predicted molar refractivity (Wildman–Crippen MR) is 64.8 cm³/mol. The molecular weight excluding hydrogens is 232 g/mol. The average Bonchev–Trinajstić information content (AvgIpc) is 2.98. The maximum atomic E-state index is 5.45. The molecule has 0 unspecified atom stereocenters. The molecule has 0 aliphatic carbocycles. The fourth-order valence-corrected chi connectivity index (χ4v) is 1.63. The zero-order chi connectivity index (χ0) is 12.8. The number of aryl methyl sites for hydroxylation is 2. The Labute approximate surface area is 105 Å². The molecule has 18 heavy (non-hydrogen) atoms. The number of aromatic nitrogens is 5. The Morgan fingerprint density at radius 1 is 1.39 bits per heavy atom. The molecule has 0 spiro atoms. The van der Waals surface area contributed by atoms with E-state index < -0.39 is 0 Å². The first kappa shape index (κ1) is 12.7. The first-order valence-electron chi connectivity index (χ1n) is 6.22. The highest BCUT2D eigenvalue weighted by Gasteiger charge is 2.07. The molecule has 2 rings (SSSR count). The van der Waals surface area contributed by atoms with Crippen molar-refractivity contribution >= 4 is 0 Å².